The van der Waals surface area contributed by atoms with Crippen molar-refractivity contribution in [3.8, 4) is 0 Å². The van der Waals surface area contributed by atoms with Gasteiger partial charge in [-0.2, -0.15) is 0 Å². The highest BCUT2D eigenvalue weighted by Crippen LogP contribution is 2.36. The van der Waals surface area contributed by atoms with Crippen molar-refractivity contribution in [2.24, 2.45) is 11.3 Å². The third-order valence-electron chi connectivity index (χ3n) is 6.15. The minimum Gasteiger partial charge on any atom is -0.303 e. The van der Waals surface area contributed by atoms with Crippen LogP contribution in [0.2, 0.25) is 0 Å². The third kappa shape index (κ3) is 5.79. The van der Waals surface area contributed by atoms with Gasteiger partial charge in [-0.05, 0) is 36.0 Å². The van der Waals surface area contributed by atoms with E-state index in [2.05, 4.69) is 31.2 Å². The summed E-state index contributed by atoms with van der Waals surface area (Å²) in [5, 5.41) is 0. The van der Waals surface area contributed by atoms with Gasteiger partial charge in [-0.25, -0.2) is 0 Å². The summed E-state index contributed by atoms with van der Waals surface area (Å²) in [6, 6.07) is 28.5. The van der Waals surface area contributed by atoms with E-state index in [1.54, 1.807) is 0 Å². The van der Waals surface area contributed by atoms with E-state index in [1.165, 1.54) is 16.7 Å². The largest absolute Gasteiger partial charge is 0.303 e. The van der Waals surface area contributed by atoms with E-state index in [4.69, 9.17) is 0 Å². The quantitative estimate of drug-likeness (QED) is 0.268. The Morgan fingerprint density at radius 3 is 1.81 bits per heavy atom. The third-order valence-corrected chi connectivity index (χ3v) is 6.15. The number of hydrogen-bond donors (Lipinski definition) is 0. The summed E-state index contributed by atoms with van der Waals surface area (Å²) >= 11 is 0. The molecule has 1 atom stereocenters. The van der Waals surface area contributed by atoms with Gasteiger partial charge in [0.25, 0.3) is 0 Å². The second-order valence-corrected chi connectivity index (χ2v) is 8.97. The van der Waals surface area contributed by atoms with Gasteiger partial charge in [-0.1, -0.05) is 106 Å². The molecule has 3 rings (SSSR count). The van der Waals surface area contributed by atoms with Gasteiger partial charge in [0.1, 0.15) is 6.29 Å². The molecule has 0 heterocycles. The fraction of sp³-hybridized carbons (Fsp3) is 0.310. The van der Waals surface area contributed by atoms with Crippen molar-refractivity contribution in [2.75, 3.05) is 0 Å². The molecule has 3 aromatic carbocycles. The molecule has 0 aliphatic heterocycles. The first kappa shape index (κ1) is 22.7. The van der Waals surface area contributed by atoms with Crippen LogP contribution in [0.4, 0.5) is 0 Å². The molecule has 1 unspecified atom stereocenters. The first-order chi connectivity index (χ1) is 14.9. The molecule has 160 valence electrons. The van der Waals surface area contributed by atoms with E-state index < -0.39 is 5.41 Å². The number of carbonyl (C=O) groups is 2. The van der Waals surface area contributed by atoms with Crippen molar-refractivity contribution in [3.63, 3.8) is 0 Å². The summed E-state index contributed by atoms with van der Waals surface area (Å²) in [7, 11) is 0. The zero-order valence-corrected chi connectivity index (χ0v) is 18.8. The number of aryl methyl sites for hydroxylation is 1. The van der Waals surface area contributed by atoms with Gasteiger partial charge >= 0.3 is 0 Å². The van der Waals surface area contributed by atoms with E-state index in [9.17, 15) is 9.59 Å². The van der Waals surface area contributed by atoms with E-state index in [-0.39, 0.29) is 17.6 Å². The molecule has 0 fully saturated rings. The maximum atomic E-state index is 13.2. The van der Waals surface area contributed by atoms with Gasteiger partial charge in [-0.15, -0.1) is 0 Å². The second-order valence-electron chi connectivity index (χ2n) is 8.97. The van der Waals surface area contributed by atoms with Crippen molar-refractivity contribution in [1.29, 1.82) is 0 Å². The molecule has 3 aromatic rings. The van der Waals surface area contributed by atoms with Crippen LogP contribution < -0.4 is 0 Å². The molecular weight excluding hydrogens is 380 g/mol. The molecule has 0 N–H and O–H groups in total. The highest BCUT2D eigenvalue weighted by Gasteiger charge is 2.33. The Hall–Kier alpha value is -3.00. The van der Waals surface area contributed by atoms with Crippen LogP contribution in [-0.2, 0) is 11.2 Å². The first-order valence-electron chi connectivity index (χ1n) is 11.1. The summed E-state index contributed by atoms with van der Waals surface area (Å²) in [4.78, 5) is 25.3. The van der Waals surface area contributed by atoms with E-state index >= 15 is 0 Å². The van der Waals surface area contributed by atoms with E-state index in [1.807, 2.05) is 74.5 Å². The molecule has 0 aliphatic rings. The number of benzene rings is 3. The van der Waals surface area contributed by atoms with Gasteiger partial charge in [0, 0.05) is 22.8 Å². The van der Waals surface area contributed by atoms with Gasteiger partial charge in [-0.3, -0.25) is 4.79 Å². The smallest absolute Gasteiger partial charge is 0.168 e. The fourth-order valence-corrected chi connectivity index (χ4v) is 4.36. The van der Waals surface area contributed by atoms with Crippen LogP contribution in [0.5, 0.6) is 0 Å². The highest BCUT2D eigenvalue weighted by atomic mass is 16.1. The maximum absolute atomic E-state index is 13.2. The second kappa shape index (κ2) is 10.3. The van der Waals surface area contributed by atoms with Crippen LogP contribution in [-0.4, -0.2) is 12.1 Å². The monoisotopic (exact) mass is 412 g/mol. The van der Waals surface area contributed by atoms with E-state index in [0.717, 1.165) is 18.3 Å². The number of hydrogen-bond acceptors (Lipinski definition) is 2. The Kier molecular flexibility index (Phi) is 7.57. The minimum absolute atomic E-state index is 0.0953. The molecular formula is C29H32O2. The average Bonchev–Trinajstić information content (AvgIpc) is 2.82. The van der Waals surface area contributed by atoms with Crippen molar-refractivity contribution in [1.82, 2.24) is 0 Å². The summed E-state index contributed by atoms with van der Waals surface area (Å²) in [5.74, 6) is 0.00425. The number of ketones is 1. The van der Waals surface area contributed by atoms with Crippen LogP contribution in [0.3, 0.4) is 0 Å². The number of aldehydes is 1. The average molecular weight is 413 g/mol. The van der Waals surface area contributed by atoms with Crippen LogP contribution in [0.25, 0.3) is 0 Å². The molecule has 0 radical (unpaired) electrons. The Morgan fingerprint density at radius 2 is 1.35 bits per heavy atom. The molecule has 0 spiro atoms. The minimum atomic E-state index is -0.614. The summed E-state index contributed by atoms with van der Waals surface area (Å²) < 4.78 is 0. The summed E-state index contributed by atoms with van der Waals surface area (Å²) in [6.45, 7) is 6.02. The molecule has 0 bridgehead atoms. The number of carbonyl (C=O) groups excluding carboxylic acids is 2. The lowest BCUT2D eigenvalue weighted by atomic mass is 9.73. The molecule has 2 heteroatoms. The molecule has 0 saturated heterocycles. The van der Waals surface area contributed by atoms with Gasteiger partial charge in [0.15, 0.2) is 5.78 Å². The maximum Gasteiger partial charge on any atom is 0.168 e. The van der Waals surface area contributed by atoms with Gasteiger partial charge < -0.3 is 4.79 Å². The zero-order chi connectivity index (χ0) is 22.3. The molecule has 31 heavy (non-hydrogen) atoms. The fourth-order valence-electron chi connectivity index (χ4n) is 4.36. The SMILES string of the molecule is CCc1ccc(C(=O)C(C)(C)CC(C=O)CC(c2ccccc2)c2ccccc2)cc1. The molecule has 0 aliphatic carbocycles. The molecule has 0 aromatic heterocycles. The normalized spacial score (nSPS) is 12.5. The summed E-state index contributed by atoms with van der Waals surface area (Å²) in [5.41, 5.74) is 3.71. The van der Waals surface area contributed by atoms with Crippen molar-refractivity contribution in [2.45, 2.75) is 46.0 Å². The highest BCUT2D eigenvalue weighted by molar-refractivity contribution is 6.00. The molecule has 0 saturated carbocycles. The Balaban J connectivity index is 1.80. The lowest BCUT2D eigenvalue weighted by molar-refractivity contribution is -0.112. The molecule has 2 nitrogen and oxygen atoms in total. The predicted molar refractivity (Wildman–Crippen MR) is 127 cm³/mol. The lowest BCUT2D eigenvalue weighted by Crippen LogP contribution is -2.28. The lowest BCUT2D eigenvalue weighted by Gasteiger charge is -2.29. The van der Waals surface area contributed by atoms with Crippen molar-refractivity contribution >= 4 is 12.1 Å². The first-order valence-corrected chi connectivity index (χ1v) is 11.1. The predicted octanol–water partition coefficient (Wildman–Crippen LogP) is 6.89. The molecule has 0 amide bonds. The Labute approximate surface area is 186 Å². The van der Waals surface area contributed by atoms with Gasteiger partial charge in [0.2, 0.25) is 0 Å². The van der Waals surface area contributed by atoms with Crippen molar-refractivity contribution < 1.29 is 9.59 Å². The Bertz CT molecular complexity index is 933. The van der Waals surface area contributed by atoms with Crippen molar-refractivity contribution in [3.05, 3.63) is 107 Å². The van der Waals surface area contributed by atoms with Crippen LogP contribution >= 0.6 is 0 Å². The topological polar surface area (TPSA) is 34.1 Å². The number of rotatable bonds is 10. The number of Topliss-reactive ketones (excluding diaryl/α,β-unsaturated/α-hetero) is 1. The Morgan fingerprint density at radius 1 is 0.839 bits per heavy atom. The van der Waals surface area contributed by atoms with E-state index in [0.29, 0.717) is 12.8 Å². The zero-order valence-electron chi connectivity index (χ0n) is 18.8. The van der Waals surface area contributed by atoms with Crippen LogP contribution in [0, 0.1) is 11.3 Å². The van der Waals surface area contributed by atoms with Crippen LogP contribution in [0.15, 0.2) is 84.9 Å². The van der Waals surface area contributed by atoms with Crippen LogP contribution in [0.1, 0.15) is 66.6 Å². The standard InChI is InChI=1S/C29H32O2/c1-4-22-15-17-26(18-16-22)28(31)29(2,3)20-23(21-30)19-27(24-11-7-5-8-12-24)25-13-9-6-10-14-25/h5-18,21,23,27H,4,19-20H2,1-3H3. The van der Waals surface area contributed by atoms with Gasteiger partial charge in [0.05, 0.1) is 0 Å². The summed E-state index contributed by atoms with van der Waals surface area (Å²) in [6.07, 6.45) is 3.20.